The van der Waals surface area contributed by atoms with Crippen molar-refractivity contribution >= 4 is 17.5 Å². The summed E-state index contributed by atoms with van der Waals surface area (Å²) in [5.74, 6) is 1.39. The molecule has 0 aromatic heterocycles. The number of halogens is 1. The third-order valence-corrected chi connectivity index (χ3v) is 3.26. The van der Waals surface area contributed by atoms with Crippen LogP contribution in [-0.2, 0) is 4.79 Å². The molecule has 2 nitrogen and oxygen atoms in total. The highest BCUT2D eigenvalue weighted by Crippen LogP contribution is 2.26. The van der Waals surface area contributed by atoms with Crippen LogP contribution in [0.5, 0.6) is 0 Å². The molecular weight excluding hydrogens is 186 g/mol. The van der Waals surface area contributed by atoms with Crippen LogP contribution in [0, 0.1) is 11.8 Å². The number of likely N-dealkylation sites (tertiary alicyclic amines) is 1. The molecule has 76 valence electrons. The predicted octanol–water partition coefficient (Wildman–Crippen LogP) is 2.12. The van der Waals surface area contributed by atoms with Gasteiger partial charge in [-0.15, -0.1) is 11.6 Å². The van der Waals surface area contributed by atoms with E-state index in [-0.39, 0.29) is 11.8 Å². The summed E-state index contributed by atoms with van der Waals surface area (Å²) in [5, 5.41) is 0. The van der Waals surface area contributed by atoms with Crippen molar-refractivity contribution in [1.82, 2.24) is 4.90 Å². The zero-order chi connectivity index (χ0) is 10.0. The summed E-state index contributed by atoms with van der Waals surface area (Å²) in [6.07, 6.45) is 1.22. The van der Waals surface area contributed by atoms with E-state index in [0.29, 0.717) is 17.9 Å². The molecule has 1 saturated heterocycles. The van der Waals surface area contributed by atoms with Crippen LogP contribution in [0.3, 0.4) is 0 Å². The summed E-state index contributed by atoms with van der Waals surface area (Å²) in [6, 6.07) is 0.349. The maximum Gasteiger partial charge on any atom is 0.237 e. The Labute approximate surface area is 85.2 Å². The van der Waals surface area contributed by atoms with Gasteiger partial charge in [-0.05, 0) is 25.2 Å². The number of carbonyl (C=O) groups excluding carboxylic acids is 1. The van der Waals surface area contributed by atoms with E-state index in [2.05, 4.69) is 20.8 Å². The molecule has 13 heavy (non-hydrogen) atoms. The first-order valence-electron chi connectivity index (χ1n) is 4.91. The molecule has 0 radical (unpaired) electrons. The van der Waals surface area contributed by atoms with Crippen molar-refractivity contribution in [2.45, 2.75) is 33.2 Å². The number of rotatable bonds is 1. The minimum Gasteiger partial charge on any atom is -0.338 e. The second-order valence-corrected chi connectivity index (χ2v) is 4.51. The van der Waals surface area contributed by atoms with Crippen LogP contribution in [0.2, 0.25) is 0 Å². The van der Waals surface area contributed by atoms with E-state index in [1.54, 1.807) is 0 Å². The van der Waals surface area contributed by atoms with Gasteiger partial charge in [0.2, 0.25) is 5.91 Å². The lowest BCUT2D eigenvalue weighted by Crippen LogP contribution is -2.49. The van der Waals surface area contributed by atoms with Crippen LogP contribution in [0.15, 0.2) is 0 Å². The molecule has 0 bridgehead atoms. The summed E-state index contributed by atoms with van der Waals surface area (Å²) in [4.78, 5) is 13.4. The average Bonchev–Trinajstić information content (AvgIpc) is 2.10. The summed E-state index contributed by atoms with van der Waals surface area (Å²) >= 11 is 5.55. The molecule has 1 aliphatic rings. The van der Waals surface area contributed by atoms with Crippen molar-refractivity contribution in [3.63, 3.8) is 0 Å². The maximum absolute atomic E-state index is 11.5. The van der Waals surface area contributed by atoms with Crippen molar-refractivity contribution < 1.29 is 4.79 Å². The number of hydrogen-bond acceptors (Lipinski definition) is 1. The van der Waals surface area contributed by atoms with Crippen molar-refractivity contribution in [2.75, 3.05) is 12.4 Å². The average molecular weight is 204 g/mol. The standard InChI is InChI=1S/C10H18ClNO/c1-7-4-8(2)9(3)12(6-7)10(13)5-11/h7-9H,4-6H2,1-3H3. The lowest BCUT2D eigenvalue weighted by molar-refractivity contribution is -0.134. The molecule has 0 aliphatic carbocycles. The number of alkyl halides is 1. The second kappa shape index (κ2) is 4.32. The quantitative estimate of drug-likeness (QED) is 0.598. The van der Waals surface area contributed by atoms with E-state index in [4.69, 9.17) is 11.6 Å². The van der Waals surface area contributed by atoms with Gasteiger partial charge in [-0.3, -0.25) is 4.79 Å². The fourth-order valence-corrected chi connectivity index (χ4v) is 2.27. The number of carbonyl (C=O) groups is 1. The molecule has 1 heterocycles. The van der Waals surface area contributed by atoms with Crippen molar-refractivity contribution in [3.05, 3.63) is 0 Å². The zero-order valence-electron chi connectivity index (χ0n) is 8.59. The Balaban J connectivity index is 2.66. The highest BCUT2D eigenvalue weighted by Gasteiger charge is 2.31. The molecule has 1 rings (SSSR count). The molecule has 3 heteroatoms. The first-order chi connectivity index (χ1) is 6.06. The van der Waals surface area contributed by atoms with Gasteiger partial charge in [0.25, 0.3) is 0 Å². The Morgan fingerprint density at radius 3 is 2.62 bits per heavy atom. The van der Waals surface area contributed by atoms with Gasteiger partial charge < -0.3 is 4.90 Å². The van der Waals surface area contributed by atoms with Crippen molar-refractivity contribution in [2.24, 2.45) is 11.8 Å². The predicted molar refractivity (Wildman–Crippen MR) is 54.8 cm³/mol. The largest absolute Gasteiger partial charge is 0.338 e. The van der Waals surface area contributed by atoms with Crippen LogP contribution in [-0.4, -0.2) is 29.3 Å². The van der Waals surface area contributed by atoms with E-state index < -0.39 is 0 Å². The molecular formula is C10H18ClNO. The fourth-order valence-electron chi connectivity index (χ4n) is 2.12. The van der Waals surface area contributed by atoms with E-state index >= 15 is 0 Å². The Morgan fingerprint density at radius 2 is 2.08 bits per heavy atom. The van der Waals surface area contributed by atoms with Gasteiger partial charge in [0.1, 0.15) is 5.88 Å². The second-order valence-electron chi connectivity index (χ2n) is 4.24. The smallest absolute Gasteiger partial charge is 0.237 e. The van der Waals surface area contributed by atoms with Crippen LogP contribution in [0.25, 0.3) is 0 Å². The molecule has 3 unspecified atom stereocenters. The third kappa shape index (κ3) is 2.37. The first kappa shape index (κ1) is 10.8. The normalized spacial score (nSPS) is 34.8. The number of nitrogens with zero attached hydrogens (tertiary/aromatic N) is 1. The third-order valence-electron chi connectivity index (χ3n) is 3.03. The summed E-state index contributed by atoms with van der Waals surface area (Å²) < 4.78 is 0. The minimum absolute atomic E-state index is 0.0765. The molecule has 0 spiro atoms. The van der Waals surface area contributed by atoms with Gasteiger partial charge in [-0.25, -0.2) is 0 Å². The molecule has 1 amide bonds. The Kier molecular flexibility index (Phi) is 3.60. The fraction of sp³-hybridized carbons (Fsp3) is 0.900. The molecule has 0 aromatic carbocycles. The van der Waals surface area contributed by atoms with Crippen LogP contribution < -0.4 is 0 Å². The van der Waals surface area contributed by atoms with Gasteiger partial charge in [0.05, 0.1) is 0 Å². The van der Waals surface area contributed by atoms with Gasteiger partial charge in [-0.2, -0.15) is 0 Å². The van der Waals surface area contributed by atoms with E-state index in [1.807, 2.05) is 4.90 Å². The lowest BCUT2D eigenvalue weighted by Gasteiger charge is -2.40. The Morgan fingerprint density at radius 1 is 1.46 bits per heavy atom. The van der Waals surface area contributed by atoms with E-state index in [0.717, 1.165) is 6.54 Å². The molecule has 1 aliphatic heterocycles. The molecule has 0 N–H and O–H groups in total. The number of amides is 1. The van der Waals surface area contributed by atoms with E-state index in [1.165, 1.54) is 6.42 Å². The SMILES string of the molecule is CC1CC(C)C(C)N(C(=O)CCl)C1. The van der Waals surface area contributed by atoms with Crippen LogP contribution in [0.4, 0.5) is 0 Å². The summed E-state index contributed by atoms with van der Waals surface area (Å²) in [6.45, 7) is 7.38. The number of hydrogen-bond donors (Lipinski definition) is 0. The molecule has 3 atom stereocenters. The highest BCUT2D eigenvalue weighted by atomic mass is 35.5. The van der Waals surface area contributed by atoms with Crippen molar-refractivity contribution in [3.8, 4) is 0 Å². The van der Waals surface area contributed by atoms with Crippen molar-refractivity contribution in [1.29, 1.82) is 0 Å². The number of piperidine rings is 1. The monoisotopic (exact) mass is 203 g/mol. The Bertz CT molecular complexity index is 195. The van der Waals surface area contributed by atoms with Crippen LogP contribution in [0.1, 0.15) is 27.2 Å². The zero-order valence-corrected chi connectivity index (χ0v) is 9.34. The first-order valence-corrected chi connectivity index (χ1v) is 5.45. The van der Waals surface area contributed by atoms with Gasteiger partial charge in [-0.1, -0.05) is 13.8 Å². The summed E-state index contributed by atoms with van der Waals surface area (Å²) in [5.41, 5.74) is 0. The van der Waals surface area contributed by atoms with Gasteiger partial charge in [0, 0.05) is 12.6 Å². The maximum atomic E-state index is 11.5. The Hall–Kier alpha value is -0.240. The van der Waals surface area contributed by atoms with E-state index in [9.17, 15) is 4.79 Å². The minimum atomic E-state index is 0.0765. The molecule has 0 aromatic rings. The van der Waals surface area contributed by atoms with Gasteiger partial charge in [0.15, 0.2) is 0 Å². The topological polar surface area (TPSA) is 20.3 Å². The molecule has 1 fully saturated rings. The molecule has 0 saturated carbocycles. The van der Waals surface area contributed by atoms with Gasteiger partial charge >= 0.3 is 0 Å². The van der Waals surface area contributed by atoms with Crippen LogP contribution >= 0.6 is 11.6 Å². The lowest BCUT2D eigenvalue weighted by atomic mass is 9.86. The highest BCUT2D eigenvalue weighted by molar-refractivity contribution is 6.27. The summed E-state index contributed by atoms with van der Waals surface area (Å²) in [7, 11) is 0.